The fraction of sp³-hybridized carbons (Fsp3) is 0.588. The van der Waals surface area contributed by atoms with Gasteiger partial charge in [-0.3, -0.25) is 0 Å². The molecule has 120 valence electrons. The zero-order valence-electron chi connectivity index (χ0n) is 12.8. The van der Waals surface area contributed by atoms with Crippen LogP contribution in [-0.2, 0) is 11.2 Å². The third-order valence-corrected chi connectivity index (χ3v) is 4.76. The number of hydrogen-bond acceptors (Lipinski definition) is 2. The molecule has 2 aliphatic heterocycles. The molecule has 0 bridgehead atoms. The second-order valence-electron chi connectivity index (χ2n) is 6.40. The van der Waals surface area contributed by atoms with E-state index in [2.05, 4.69) is 5.32 Å². The van der Waals surface area contributed by atoms with Crippen LogP contribution < -0.4 is 5.32 Å². The maximum absolute atomic E-state index is 13.5. The minimum absolute atomic E-state index is 0.0395. The van der Waals surface area contributed by atoms with E-state index in [1.165, 1.54) is 6.07 Å². The number of hydrogen-bond donors (Lipinski definition) is 1. The van der Waals surface area contributed by atoms with Crippen molar-refractivity contribution in [3.63, 3.8) is 0 Å². The van der Waals surface area contributed by atoms with Gasteiger partial charge in [0.15, 0.2) is 0 Å². The Kier molecular flexibility index (Phi) is 4.62. The van der Waals surface area contributed by atoms with Crippen molar-refractivity contribution in [1.29, 1.82) is 0 Å². The van der Waals surface area contributed by atoms with Crippen molar-refractivity contribution in [2.75, 3.05) is 32.8 Å². The number of amides is 2. The third kappa shape index (κ3) is 3.40. The second kappa shape index (κ2) is 6.65. The lowest BCUT2D eigenvalue weighted by Gasteiger charge is -2.39. The summed E-state index contributed by atoms with van der Waals surface area (Å²) in [6.45, 7) is 3.61. The summed E-state index contributed by atoms with van der Waals surface area (Å²) in [5, 5.41) is 2.91. The van der Waals surface area contributed by atoms with Gasteiger partial charge in [-0.1, -0.05) is 18.2 Å². The minimum atomic E-state index is -0.211. The maximum Gasteiger partial charge on any atom is 0.317 e. The summed E-state index contributed by atoms with van der Waals surface area (Å²) >= 11 is 0. The van der Waals surface area contributed by atoms with Gasteiger partial charge in [-0.05, 0) is 37.3 Å². The van der Waals surface area contributed by atoms with Crippen molar-refractivity contribution < 1.29 is 13.9 Å². The molecule has 2 aliphatic rings. The summed E-state index contributed by atoms with van der Waals surface area (Å²) in [5.74, 6) is -0.211. The lowest BCUT2D eigenvalue weighted by atomic mass is 9.79. The first kappa shape index (κ1) is 15.3. The van der Waals surface area contributed by atoms with Gasteiger partial charge in [0.2, 0.25) is 0 Å². The highest BCUT2D eigenvalue weighted by atomic mass is 19.1. The van der Waals surface area contributed by atoms with Crippen molar-refractivity contribution in [1.82, 2.24) is 10.2 Å². The van der Waals surface area contributed by atoms with Gasteiger partial charge in [-0.25, -0.2) is 9.18 Å². The molecule has 0 aromatic heterocycles. The van der Waals surface area contributed by atoms with Crippen molar-refractivity contribution in [3.8, 4) is 0 Å². The Morgan fingerprint density at radius 3 is 3.00 bits per heavy atom. The van der Waals surface area contributed by atoms with Gasteiger partial charge in [-0.15, -0.1) is 0 Å². The number of likely N-dealkylation sites (tertiary alicyclic amines) is 1. The predicted octanol–water partition coefficient (Wildman–Crippen LogP) is 2.58. The Morgan fingerprint density at radius 2 is 2.23 bits per heavy atom. The van der Waals surface area contributed by atoms with Crippen LogP contribution in [0.25, 0.3) is 0 Å². The highest BCUT2D eigenvalue weighted by Gasteiger charge is 2.40. The van der Waals surface area contributed by atoms with Crippen molar-refractivity contribution in [3.05, 3.63) is 35.6 Å². The molecule has 2 heterocycles. The van der Waals surface area contributed by atoms with E-state index in [1.807, 2.05) is 11.0 Å². The van der Waals surface area contributed by atoms with Crippen LogP contribution in [0.15, 0.2) is 24.3 Å². The molecule has 1 N–H and O–H groups in total. The number of nitrogens with zero attached hydrogens (tertiary/aromatic N) is 1. The van der Waals surface area contributed by atoms with E-state index in [-0.39, 0.29) is 17.3 Å². The number of nitrogens with one attached hydrogen (secondary N) is 1. The number of piperidine rings is 1. The van der Waals surface area contributed by atoms with Gasteiger partial charge in [0.1, 0.15) is 5.82 Å². The molecule has 1 aromatic rings. The molecule has 1 atom stereocenters. The van der Waals surface area contributed by atoms with E-state index in [4.69, 9.17) is 4.74 Å². The van der Waals surface area contributed by atoms with E-state index in [0.717, 1.165) is 45.6 Å². The highest BCUT2D eigenvalue weighted by molar-refractivity contribution is 5.74. The standard InChI is InChI=1S/C17H23FN2O2/c18-15-5-2-1-4-14(15)6-9-19-16(21)20-10-3-7-17(12-20)8-11-22-13-17/h1-2,4-5H,3,6-13H2,(H,19,21)/t17-/m1/s1. The normalized spacial score (nSPS) is 24.7. The maximum atomic E-state index is 13.5. The Morgan fingerprint density at radius 1 is 1.36 bits per heavy atom. The van der Waals surface area contributed by atoms with Crippen LogP contribution in [0.3, 0.4) is 0 Å². The molecule has 2 fully saturated rings. The van der Waals surface area contributed by atoms with Gasteiger partial charge in [0.25, 0.3) is 0 Å². The number of carbonyl (C=O) groups is 1. The molecule has 0 aliphatic carbocycles. The number of halogens is 1. The van der Waals surface area contributed by atoms with E-state index >= 15 is 0 Å². The molecule has 0 saturated carbocycles. The van der Waals surface area contributed by atoms with E-state index in [0.29, 0.717) is 18.5 Å². The number of benzene rings is 1. The van der Waals surface area contributed by atoms with Crippen LogP contribution in [0, 0.1) is 11.2 Å². The van der Waals surface area contributed by atoms with E-state index in [9.17, 15) is 9.18 Å². The Balaban J connectivity index is 1.48. The summed E-state index contributed by atoms with van der Waals surface area (Å²) in [6.07, 6.45) is 3.74. The molecule has 3 rings (SSSR count). The molecule has 1 spiro atoms. The molecule has 2 saturated heterocycles. The zero-order chi connectivity index (χ0) is 15.4. The van der Waals surface area contributed by atoms with Crippen molar-refractivity contribution >= 4 is 6.03 Å². The van der Waals surface area contributed by atoms with Crippen LogP contribution >= 0.6 is 0 Å². The average molecular weight is 306 g/mol. The fourth-order valence-corrected chi connectivity index (χ4v) is 3.47. The summed E-state index contributed by atoms with van der Waals surface area (Å²) in [5.41, 5.74) is 0.809. The van der Waals surface area contributed by atoms with Gasteiger partial charge < -0.3 is 15.0 Å². The Hall–Kier alpha value is -1.62. The van der Waals surface area contributed by atoms with Gasteiger partial charge in [0, 0.05) is 31.7 Å². The van der Waals surface area contributed by atoms with Crippen molar-refractivity contribution in [2.45, 2.75) is 25.7 Å². The van der Waals surface area contributed by atoms with E-state index in [1.54, 1.807) is 12.1 Å². The first-order valence-electron chi connectivity index (χ1n) is 8.03. The Bertz CT molecular complexity index is 529. The molecule has 0 unspecified atom stereocenters. The van der Waals surface area contributed by atoms with Crippen LogP contribution in [0.4, 0.5) is 9.18 Å². The summed E-state index contributed by atoms with van der Waals surface area (Å²) in [7, 11) is 0. The van der Waals surface area contributed by atoms with Gasteiger partial charge in [-0.2, -0.15) is 0 Å². The molecular weight excluding hydrogens is 283 g/mol. The number of carbonyl (C=O) groups excluding carboxylic acids is 1. The van der Waals surface area contributed by atoms with Crippen LogP contribution in [0.5, 0.6) is 0 Å². The molecule has 22 heavy (non-hydrogen) atoms. The first-order valence-corrected chi connectivity index (χ1v) is 8.03. The van der Waals surface area contributed by atoms with Crippen LogP contribution in [0.2, 0.25) is 0 Å². The quantitative estimate of drug-likeness (QED) is 0.932. The number of urea groups is 1. The zero-order valence-corrected chi connectivity index (χ0v) is 12.8. The third-order valence-electron chi connectivity index (χ3n) is 4.76. The van der Waals surface area contributed by atoms with Crippen LogP contribution in [-0.4, -0.2) is 43.8 Å². The topological polar surface area (TPSA) is 41.6 Å². The predicted molar refractivity (Wildman–Crippen MR) is 82.2 cm³/mol. The highest BCUT2D eigenvalue weighted by Crippen LogP contribution is 2.37. The van der Waals surface area contributed by atoms with E-state index < -0.39 is 0 Å². The molecule has 4 nitrogen and oxygen atoms in total. The first-order chi connectivity index (χ1) is 10.7. The molecule has 1 aromatic carbocycles. The number of ether oxygens (including phenoxy) is 1. The molecule has 0 radical (unpaired) electrons. The van der Waals surface area contributed by atoms with Crippen molar-refractivity contribution in [2.24, 2.45) is 5.41 Å². The second-order valence-corrected chi connectivity index (χ2v) is 6.40. The smallest absolute Gasteiger partial charge is 0.317 e. The monoisotopic (exact) mass is 306 g/mol. The van der Waals surface area contributed by atoms with Gasteiger partial charge in [0.05, 0.1) is 6.61 Å². The lowest BCUT2D eigenvalue weighted by molar-refractivity contribution is 0.0828. The molecule has 2 amide bonds. The van der Waals surface area contributed by atoms with Crippen LogP contribution in [0.1, 0.15) is 24.8 Å². The average Bonchev–Trinajstić information content (AvgIpc) is 2.97. The largest absolute Gasteiger partial charge is 0.381 e. The number of rotatable bonds is 3. The lowest BCUT2D eigenvalue weighted by Crippen LogP contribution is -2.50. The summed E-state index contributed by atoms with van der Waals surface area (Å²) < 4.78 is 19.0. The summed E-state index contributed by atoms with van der Waals surface area (Å²) in [4.78, 5) is 14.2. The SMILES string of the molecule is O=C(NCCc1ccccc1F)N1CCC[C@@]2(CCOC2)C1. The Labute approximate surface area is 130 Å². The molecule has 5 heteroatoms. The molecular formula is C17H23FN2O2. The minimum Gasteiger partial charge on any atom is -0.381 e. The fourth-order valence-electron chi connectivity index (χ4n) is 3.47. The summed E-state index contributed by atoms with van der Waals surface area (Å²) in [6, 6.07) is 6.66. The van der Waals surface area contributed by atoms with Gasteiger partial charge >= 0.3 is 6.03 Å².